The molecule has 0 bridgehead atoms. The van der Waals surface area contributed by atoms with E-state index in [1.54, 1.807) is 22.7 Å². The van der Waals surface area contributed by atoms with Crippen molar-refractivity contribution in [3.05, 3.63) is 62.7 Å². The number of nitrogens with one attached hydrogen (secondary N) is 1. The Morgan fingerprint density at radius 3 is 2.85 bits per heavy atom. The summed E-state index contributed by atoms with van der Waals surface area (Å²) < 4.78 is 10.9. The van der Waals surface area contributed by atoms with E-state index in [1.165, 1.54) is 11.1 Å². The summed E-state index contributed by atoms with van der Waals surface area (Å²) in [6.45, 7) is 3.55. The molecule has 0 saturated carbocycles. The minimum Gasteiger partial charge on any atom is -0.454 e. The second-order valence-electron chi connectivity index (χ2n) is 6.66. The van der Waals surface area contributed by atoms with E-state index < -0.39 is 0 Å². The van der Waals surface area contributed by atoms with Crippen molar-refractivity contribution in [3.8, 4) is 11.5 Å². The van der Waals surface area contributed by atoms with Crippen LogP contribution in [0.2, 0.25) is 0 Å². The van der Waals surface area contributed by atoms with Crippen molar-refractivity contribution in [1.29, 1.82) is 0 Å². The molecule has 1 aliphatic heterocycles. The fraction of sp³-hybridized carbons (Fsp3) is 0.350. The van der Waals surface area contributed by atoms with Gasteiger partial charge in [0.1, 0.15) is 5.01 Å². The Bertz CT molecular complexity index is 818. The minimum atomic E-state index is 0.267. The lowest BCUT2D eigenvalue weighted by Gasteiger charge is -2.19. The van der Waals surface area contributed by atoms with E-state index in [2.05, 4.69) is 46.2 Å². The lowest BCUT2D eigenvalue weighted by molar-refractivity contribution is 0.174. The van der Waals surface area contributed by atoms with Crippen molar-refractivity contribution >= 4 is 22.7 Å². The molecule has 1 N–H and O–H groups in total. The predicted octanol–water partition coefficient (Wildman–Crippen LogP) is 4.69. The molecule has 4 nitrogen and oxygen atoms in total. The molecule has 0 spiro atoms. The molecule has 136 valence electrons. The van der Waals surface area contributed by atoms with Crippen LogP contribution >= 0.6 is 22.7 Å². The van der Waals surface area contributed by atoms with Crippen LogP contribution in [-0.4, -0.2) is 18.3 Å². The molecule has 6 heteroatoms. The van der Waals surface area contributed by atoms with Crippen LogP contribution in [0.25, 0.3) is 0 Å². The number of ether oxygens (including phenoxy) is 2. The highest BCUT2D eigenvalue weighted by Gasteiger charge is 2.17. The summed E-state index contributed by atoms with van der Waals surface area (Å²) in [7, 11) is 0. The van der Waals surface area contributed by atoms with Gasteiger partial charge in [-0.15, -0.1) is 11.3 Å². The average Bonchev–Trinajstić information content (AvgIpc) is 3.40. The Morgan fingerprint density at radius 1 is 1.12 bits per heavy atom. The average molecular weight is 387 g/mol. The molecule has 26 heavy (non-hydrogen) atoms. The van der Waals surface area contributed by atoms with E-state index in [0.717, 1.165) is 35.9 Å². The number of aromatic nitrogens is 1. The molecule has 0 aliphatic carbocycles. The van der Waals surface area contributed by atoms with E-state index >= 15 is 0 Å². The standard InChI is InChI=1S/C20H22N2O2S2/c1-14(8-15-2-3-18-19(10-15)24-13-23-18)11-22-17(20-21-5-7-26-20)9-16-4-6-25-12-16/h2-7,10,12,14,17,22H,8-9,11,13H2,1H3/t14-,17-/m1/s1. The van der Waals surface area contributed by atoms with Crippen LogP contribution in [0.3, 0.4) is 0 Å². The van der Waals surface area contributed by atoms with Crippen molar-refractivity contribution in [2.45, 2.75) is 25.8 Å². The fourth-order valence-electron chi connectivity index (χ4n) is 3.18. The summed E-state index contributed by atoms with van der Waals surface area (Å²) in [4.78, 5) is 4.53. The lowest BCUT2D eigenvalue weighted by Crippen LogP contribution is -2.28. The number of rotatable bonds is 8. The minimum absolute atomic E-state index is 0.267. The quantitative estimate of drug-likeness (QED) is 0.610. The van der Waals surface area contributed by atoms with E-state index in [9.17, 15) is 0 Å². The zero-order valence-electron chi connectivity index (χ0n) is 14.7. The molecule has 0 radical (unpaired) electrons. The van der Waals surface area contributed by atoms with E-state index in [1.807, 2.05) is 17.6 Å². The van der Waals surface area contributed by atoms with Crippen LogP contribution in [-0.2, 0) is 12.8 Å². The van der Waals surface area contributed by atoms with Crippen LogP contribution in [0.5, 0.6) is 11.5 Å². The van der Waals surface area contributed by atoms with Crippen molar-refractivity contribution in [3.63, 3.8) is 0 Å². The Morgan fingerprint density at radius 2 is 2.04 bits per heavy atom. The first-order chi connectivity index (χ1) is 12.8. The Hall–Kier alpha value is -1.89. The maximum atomic E-state index is 5.48. The Balaban J connectivity index is 1.36. The van der Waals surface area contributed by atoms with Gasteiger partial charge < -0.3 is 14.8 Å². The number of thiophene rings is 1. The molecule has 0 amide bonds. The smallest absolute Gasteiger partial charge is 0.231 e. The normalized spacial score (nSPS) is 15.1. The monoisotopic (exact) mass is 386 g/mol. The summed E-state index contributed by atoms with van der Waals surface area (Å²) >= 11 is 3.47. The molecular weight excluding hydrogens is 364 g/mol. The number of hydrogen-bond acceptors (Lipinski definition) is 6. The zero-order valence-corrected chi connectivity index (χ0v) is 16.3. The Labute approximate surface area is 161 Å². The molecule has 0 fully saturated rings. The van der Waals surface area contributed by atoms with Gasteiger partial charge in [-0.1, -0.05) is 13.0 Å². The van der Waals surface area contributed by atoms with Gasteiger partial charge in [0, 0.05) is 11.6 Å². The van der Waals surface area contributed by atoms with Gasteiger partial charge in [-0.25, -0.2) is 4.98 Å². The first-order valence-corrected chi connectivity index (χ1v) is 10.6. The molecule has 0 saturated heterocycles. The highest BCUT2D eigenvalue weighted by atomic mass is 32.1. The van der Waals surface area contributed by atoms with E-state index in [0.29, 0.717) is 12.7 Å². The summed E-state index contributed by atoms with van der Waals surface area (Å²) in [5.74, 6) is 2.22. The molecule has 2 aromatic heterocycles. The third kappa shape index (κ3) is 4.26. The number of hydrogen-bond donors (Lipinski definition) is 1. The summed E-state index contributed by atoms with van der Waals surface area (Å²) in [5.41, 5.74) is 2.65. The van der Waals surface area contributed by atoms with Crippen molar-refractivity contribution < 1.29 is 9.47 Å². The van der Waals surface area contributed by atoms with Gasteiger partial charge >= 0.3 is 0 Å². The lowest BCUT2D eigenvalue weighted by atomic mass is 10.00. The van der Waals surface area contributed by atoms with Crippen LogP contribution in [0.4, 0.5) is 0 Å². The number of nitrogens with zero attached hydrogens (tertiary/aromatic N) is 1. The molecule has 2 atom stereocenters. The Kier molecular flexibility index (Phi) is 5.53. The maximum Gasteiger partial charge on any atom is 0.231 e. The first kappa shape index (κ1) is 17.5. The van der Waals surface area contributed by atoms with Crippen LogP contribution in [0.1, 0.15) is 29.1 Å². The SMILES string of the molecule is C[C@@H](CN[C@H](Cc1ccsc1)c1nccs1)Cc1ccc2c(c1)OCO2. The summed E-state index contributed by atoms with van der Waals surface area (Å²) in [5, 5.41) is 11.3. The van der Waals surface area contributed by atoms with Crippen molar-refractivity contribution in [2.24, 2.45) is 5.92 Å². The highest BCUT2D eigenvalue weighted by molar-refractivity contribution is 7.09. The molecule has 4 rings (SSSR count). The van der Waals surface area contributed by atoms with Crippen molar-refractivity contribution in [1.82, 2.24) is 10.3 Å². The zero-order chi connectivity index (χ0) is 17.8. The van der Waals surface area contributed by atoms with E-state index in [-0.39, 0.29) is 6.04 Å². The highest BCUT2D eigenvalue weighted by Crippen LogP contribution is 2.33. The van der Waals surface area contributed by atoms with Gasteiger partial charge in [0.15, 0.2) is 11.5 Å². The third-order valence-electron chi connectivity index (χ3n) is 4.50. The number of thiazole rings is 1. The summed E-state index contributed by atoms with van der Waals surface area (Å²) in [6.07, 6.45) is 3.87. The van der Waals surface area contributed by atoms with Crippen molar-refractivity contribution in [2.75, 3.05) is 13.3 Å². The van der Waals surface area contributed by atoms with Crippen LogP contribution < -0.4 is 14.8 Å². The molecule has 0 unspecified atom stereocenters. The van der Waals surface area contributed by atoms with Crippen LogP contribution in [0, 0.1) is 5.92 Å². The van der Waals surface area contributed by atoms with E-state index in [4.69, 9.17) is 9.47 Å². The molecular formula is C20H22N2O2S2. The molecule has 3 heterocycles. The molecule has 3 aromatic rings. The fourth-order valence-corrected chi connectivity index (χ4v) is 4.58. The first-order valence-electron chi connectivity index (χ1n) is 8.80. The largest absolute Gasteiger partial charge is 0.454 e. The van der Waals surface area contributed by atoms with Gasteiger partial charge in [0.05, 0.1) is 6.04 Å². The maximum absolute atomic E-state index is 5.48. The number of fused-ring (bicyclic) bond motifs is 1. The summed E-state index contributed by atoms with van der Waals surface area (Å²) in [6, 6.07) is 8.70. The van der Waals surface area contributed by atoms with Gasteiger partial charge in [-0.3, -0.25) is 0 Å². The van der Waals surface area contributed by atoms with Crippen LogP contribution in [0.15, 0.2) is 46.6 Å². The predicted molar refractivity (Wildman–Crippen MR) is 106 cm³/mol. The third-order valence-corrected chi connectivity index (χ3v) is 6.12. The molecule has 1 aliphatic rings. The topological polar surface area (TPSA) is 43.4 Å². The number of benzene rings is 1. The second-order valence-corrected chi connectivity index (χ2v) is 8.37. The van der Waals surface area contributed by atoms with Gasteiger partial charge in [-0.2, -0.15) is 11.3 Å². The van der Waals surface area contributed by atoms with Gasteiger partial charge in [0.25, 0.3) is 0 Å². The second kappa shape index (κ2) is 8.20. The van der Waals surface area contributed by atoms with Gasteiger partial charge in [-0.05, 0) is 65.4 Å². The van der Waals surface area contributed by atoms with Gasteiger partial charge in [0.2, 0.25) is 6.79 Å². The molecule has 1 aromatic carbocycles.